The number of methoxy groups -OCH3 is 1. The Morgan fingerprint density at radius 2 is 2.15 bits per heavy atom. The highest BCUT2D eigenvalue weighted by Crippen LogP contribution is 2.19. The molecule has 0 radical (unpaired) electrons. The lowest BCUT2D eigenvalue weighted by Crippen LogP contribution is -2.45. The van der Waals surface area contributed by atoms with Crippen molar-refractivity contribution in [2.24, 2.45) is 4.99 Å². The summed E-state index contributed by atoms with van der Waals surface area (Å²) in [6.07, 6.45) is 1.52. The molecule has 1 aromatic carbocycles. The average molecular weight is 474 g/mol. The van der Waals surface area contributed by atoms with Gasteiger partial charge in [-0.05, 0) is 37.5 Å². The van der Waals surface area contributed by atoms with Gasteiger partial charge in [-0.2, -0.15) is 0 Å². The topological polar surface area (TPSA) is 66.0 Å². The number of carbonyl (C=O) groups excluding carboxylic acids is 1. The molecule has 146 valence electrons. The van der Waals surface area contributed by atoms with E-state index in [1.165, 1.54) is 0 Å². The number of ether oxygens (including phenoxy) is 1. The molecule has 0 aromatic heterocycles. The van der Waals surface area contributed by atoms with Crippen molar-refractivity contribution in [3.05, 3.63) is 29.3 Å². The summed E-state index contributed by atoms with van der Waals surface area (Å²) in [5.41, 5.74) is 2.22. The first kappa shape index (κ1) is 22.5. The molecular weight excluding hydrogens is 443 g/mol. The normalized spacial score (nSPS) is 16.8. The summed E-state index contributed by atoms with van der Waals surface area (Å²) >= 11 is 0. The maximum absolute atomic E-state index is 11.8. The Bertz CT molecular complexity index is 622. The number of aliphatic imine (C=N–C) groups is 1. The predicted molar refractivity (Wildman–Crippen MR) is 116 cm³/mol. The standard InChI is InChI=1S/C19H30N4O2.HI/c1-5-18(24)23-10-9-16(13-23)22-19(20-6-2)21-12-15-8-7-14(3)17(11-15)25-4;/h7-8,11,16H,5-6,9-10,12-13H2,1-4H3,(H2,20,21,22);1H. The van der Waals surface area contributed by atoms with Gasteiger partial charge in [0.25, 0.3) is 0 Å². The number of halogens is 1. The Morgan fingerprint density at radius 3 is 2.81 bits per heavy atom. The first-order valence-electron chi connectivity index (χ1n) is 9.03. The first-order chi connectivity index (χ1) is 12.1. The Hall–Kier alpha value is -1.51. The van der Waals surface area contributed by atoms with Crippen LogP contribution in [0.4, 0.5) is 0 Å². The molecule has 1 amide bonds. The molecule has 0 bridgehead atoms. The van der Waals surface area contributed by atoms with Gasteiger partial charge in [0.05, 0.1) is 13.7 Å². The molecule has 1 fully saturated rings. The van der Waals surface area contributed by atoms with Crippen LogP contribution in [0.3, 0.4) is 0 Å². The SMILES string of the molecule is CCNC(=NCc1ccc(C)c(OC)c1)NC1CCN(C(=O)CC)C1.I. The summed E-state index contributed by atoms with van der Waals surface area (Å²) in [7, 11) is 1.68. The number of likely N-dealkylation sites (tertiary alicyclic amines) is 1. The largest absolute Gasteiger partial charge is 0.496 e. The molecule has 7 heteroatoms. The van der Waals surface area contributed by atoms with E-state index in [-0.39, 0.29) is 35.9 Å². The number of nitrogens with one attached hydrogen (secondary N) is 2. The Labute approximate surface area is 173 Å². The monoisotopic (exact) mass is 474 g/mol. The number of amides is 1. The lowest BCUT2D eigenvalue weighted by molar-refractivity contribution is -0.129. The van der Waals surface area contributed by atoms with E-state index >= 15 is 0 Å². The van der Waals surface area contributed by atoms with Crippen molar-refractivity contribution in [3.63, 3.8) is 0 Å². The van der Waals surface area contributed by atoms with E-state index in [0.717, 1.165) is 48.9 Å². The fourth-order valence-corrected chi connectivity index (χ4v) is 2.97. The number of rotatable bonds is 6. The highest BCUT2D eigenvalue weighted by atomic mass is 127. The minimum absolute atomic E-state index is 0. The van der Waals surface area contributed by atoms with Crippen molar-refractivity contribution in [2.75, 3.05) is 26.7 Å². The number of nitrogens with zero attached hydrogens (tertiary/aromatic N) is 2. The maximum atomic E-state index is 11.8. The third-order valence-corrected chi connectivity index (χ3v) is 4.42. The van der Waals surface area contributed by atoms with Gasteiger partial charge in [-0.1, -0.05) is 19.1 Å². The number of guanidine groups is 1. The Balaban J connectivity index is 0.00000338. The van der Waals surface area contributed by atoms with Crippen LogP contribution in [-0.2, 0) is 11.3 Å². The Morgan fingerprint density at radius 1 is 1.38 bits per heavy atom. The zero-order chi connectivity index (χ0) is 18.2. The Kier molecular flexibility index (Phi) is 9.75. The van der Waals surface area contributed by atoms with Crippen molar-refractivity contribution < 1.29 is 9.53 Å². The van der Waals surface area contributed by atoms with E-state index in [0.29, 0.717) is 13.0 Å². The van der Waals surface area contributed by atoms with Crippen LogP contribution in [0, 0.1) is 6.92 Å². The van der Waals surface area contributed by atoms with Crippen molar-refractivity contribution >= 4 is 35.8 Å². The van der Waals surface area contributed by atoms with Crippen LogP contribution in [0.15, 0.2) is 23.2 Å². The maximum Gasteiger partial charge on any atom is 0.222 e. The smallest absolute Gasteiger partial charge is 0.222 e. The molecule has 26 heavy (non-hydrogen) atoms. The average Bonchev–Trinajstić information content (AvgIpc) is 3.08. The van der Waals surface area contributed by atoms with Crippen LogP contribution >= 0.6 is 24.0 Å². The number of carbonyl (C=O) groups is 1. The highest BCUT2D eigenvalue weighted by molar-refractivity contribution is 14.0. The zero-order valence-electron chi connectivity index (χ0n) is 16.2. The second-order valence-electron chi connectivity index (χ2n) is 6.32. The summed E-state index contributed by atoms with van der Waals surface area (Å²) in [4.78, 5) is 18.4. The van der Waals surface area contributed by atoms with Crippen LogP contribution in [0.2, 0.25) is 0 Å². The van der Waals surface area contributed by atoms with Crippen LogP contribution in [-0.4, -0.2) is 49.6 Å². The van der Waals surface area contributed by atoms with Gasteiger partial charge < -0.3 is 20.3 Å². The molecule has 1 heterocycles. The van der Waals surface area contributed by atoms with Crippen molar-refractivity contribution in [2.45, 2.75) is 46.2 Å². The van der Waals surface area contributed by atoms with Gasteiger partial charge in [0.15, 0.2) is 5.96 Å². The van der Waals surface area contributed by atoms with Crippen molar-refractivity contribution in [1.82, 2.24) is 15.5 Å². The van der Waals surface area contributed by atoms with Gasteiger partial charge in [-0.25, -0.2) is 4.99 Å². The van der Waals surface area contributed by atoms with E-state index in [9.17, 15) is 4.79 Å². The lowest BCUT2D eigenvalue weighted by atomic mass is 10.1. The molecule has 1 aromatic rings. The molecule has 2 rings (SSSR count). The third-order valence-electron chi connectivity index (χ3n) is 4.42. The minimum Gasteiger partial charge on any atom is -0.496 e. The van der Waals surface area contributed by atoms with Gasteiger partial charge in [0, 0.05) is 32.1 Å². The first-order valence-corrected chi connectivity index (χ1v) is 9.03. The number of benzene rings is 1. The van der Waals surface area contributed by atoms with Gasteiger partial charge in [-0.3, -0.25) is 4.79 Å². The van der Waals surface area contributed by atoms with E-state index < -0.39 is 0 Å². The van der Waals surface area contributed by atoms with Crippen molar-refractivity contribution in [1.29, 1.82) is 0 Å². The minimum atomic E-state index is 0. The lowest BCUT2D eigenvalue weighted by Gasteiger charge is -2.18. The van der Waals surface area contributed by atoms with Crippen LogP contribution < -0.4 is 15.4 Å². The molecule has 0 aliphatic carbocycles. The fourth-order valence-electron chi connectivity index (χ4n) is 2.97. The van der Waals surface area contributed by atoms with Gasteiger partial charge >= 0.3 is 0 Å². The van der Waals surface area contributed by atoms with E-state index in [1.807, 2.05) is 31.7 Å². The summed E-state index contributed by atoms with van der Waals surface area (Å²) in [6.45, 7) is 8.93. The van der Waals surface area contributed by atoms with Gasteiger partial charge in [-0.15, -0.1) is 24.0 Å². The van der Waals surface area contributed by atoms with Gasteiger partial charge in [0.1, 0.15) is 5.75 Å². The van der Waals surface area contributed by atoms with E-state index in [2.05, 4.69) is 27.8 Å². The van der Waals surface area contributed by atoms with Crippen LogP contribution in [0.25, 0.3) is 0 Å². The summed E-state index contributed by atoms with van der Waals surface area (Å²) < 4.78 is 5.38. The molecular formula is C19H31IN4O2. The molecule has 6 nitrogen and oxygen atoms in total. The fraction of sp³-hybridized carbons (Fsp3) is 0.579. The molecule has 2 N–H and O–H groups in total. The summed E-state index contributed by atoms with van der Waals surface area (Å²) in [5, 5.41) is 6.73. The van der Waals surface area contributed by atoms with Gasteiger partial charge in [0.2, 0.25) is 5.91 Å². The number of hydrogen-bond acceptors (Lipinski definition) is 3. The van der Waals surface area contributed by atoms with Crippen molar-refractivity contribution in [3.8, 4) is 5.75 Å². The quantitative estimate of drug-likeness (QED) is 0.378. The molecule has 1 aliphatic rings. The summed E-state index contributed by atoms with van der Waals surface area (Å²) in [6, 6.07) is 6.40. The molecule has 1 unspecified atom stereocenters. The van der Waals surface area contributed by atoms with Crippen LogP contribution in [0.5, 0.6) is 5.75 Å². The predicted octanol–water partition coefficient (Wildman–Crippen LogP) is 2.69. The van der Waals surface area contributed by atoms with Crippen LogP contribution in [0.1, 0.15) is 37.8 Å². The molecule has 1 aliphatic heterocycles. The second-order valence-corrected chi connectivity index (χ2v) is 6.32. The zero-order valence-corrected chi connectivity index (χ0v) is 18.5. The van der Waals surface area contributed by atoms with E-state index in [1.54, 1.807) is 7.11 Å². The number of aryl methyl sites for hydroxylation is 1. The molecule has 1 atom stereocenters. The van der Waals surface area contributed by atoms with E-state index in [4.69, 9.17) is 4.74 Å². The second kappa shape index (κ2) is 11.3. The molecule has 1 saturated heterocycles. The highest BCUT2D eigenvalue weighted by Gasteiger charge is 2.25. The molecule has 0 spiro atoms. The summed E-state index contributed by atoms with van der Waals surface area (Å²) in [5.74, 6) is 1.89. The molecule has 0 saturated carbocycles. The third kappa shape index (κ3) is 6.34. The number of hydrogen-bond donors (Lipinski definition) is 2.